The SMILES string of the molecule is CC(O)C1CCN(C(C)C(=O)Nc2ccc(N)cc2)C1. The van der Waals surface area contributed by atoms with E-state index < -0.39 is 0 Å². The molecule has 110 valence electrons. The minimum absolute atomic E-state index is 0.0268. The van der Waals surface area contributed by atoms with Crippen molar-refractivity contribution in [1.82, 2.24) is 4.90 Å². The summed E-state index contributed by atoms with van der Waals surface area (Å²) in [6.45, 7) is 5.34. The van der Waals surface area contributed by atoms with E-state index >= 15 is 0 Å². The maximum Gasteiger partial charge on any atom is 0.241 e. The summed E-state index contributed by atoms with van der Waals surface area (Å²) in [6, 6.07) is 6.92. The number of nitrogen functional groups attached to an aromatic ring is 1. The molecule has 3 unspecified atom stereocenters. The van der Waals surface area contributed by atoms with Gasteiger partial charge in [0.25, 0.3) is 0 Å². The molecule has 0 aliphatic carbocycles. The van der Waals surface area contributed by atoms with Gasteiger partial charge in [0.1, 0.15) is 0 Å². The summed E-state index contributed by atoms with van der Waals surface area (Å²) in [7, 11) is 0. The van der Waals surface area contributed by atoms with E-state index in [0.29, 0.717) is 5.69 Å². The highest BCUT2D eigenvalue weighted by molar-refractivity contribution is 5.94. The Kier molecular flexibility index (Phi) is 4.62. The molecule has 4 N–H and O–H groups in total. The van der Waals surface area contributed by atoms with Gasteiger partial charge in [-0.05, 0) is 57.0 Å². The number of aliphatic hydroxyl groups is 1. The average Bonchev–Trinajstić information content (AvgIpc) is 2.90. The average molecular weight is 277 g/mol. The number of nitrogens with one attached hydrogen (secondary N) is 1. The van der Waals surface area contributed by atoms with Gasteiger partial charge in [0.05, 0.1) is 12.1 Å². The second-order valence-corrected chi connectivity index (χ2v) is 5.57. The van der Waals surface area contributed by atoms with Crippen molar-refractivity contribution in [2.45, 2.75) is 32.4 Å². The van der Waals surface area contributed by atoms with E-state index in [-0.39, 0.29) is 24.0 Å². The number of amides is 1. The first kappa shape index (κ1) is 14.8. The minimum Gasteiger partial charge on any atom is -0.399 e. The lowest BCUT2D eigenvalue weighted by atomic mass is 10.0. The van der Waals surface area contributed by atoms with E-state index in [0.717, 1.165) is 25.2 Å². The molecule has 0 bridgehead atoms. The van der Waals surface area contributed by atoms with Crippen LogP contribution >= 0.6 is 0 Å². The van der Waals surface area contributed by atoms with Crippen molar-refractivity contribution >= 4 is 17.3 Å². The Bertz CT molecular complexity index is 459. The van der Waals surface area contributed by atoms with Crippen LogP contribution in [0.2, 0.25) is 0 Å². The zero-order valence-electron chi connectivity index (χ0n) is 12.0. The van der Waals surface area contributed by atoms with Crippen molar-refractivity contribution in [3.63, 3.8) is 0 Å². The zero-order chi connectivity index (χ0) is 14.7. The molecule has 0 saturated carbocycles. The maximum atomic E-state index is 12.2. The summed E-state index contributed by atoms with van der Waals surface area (Å²) in [5, 5.41) is 12.5. The van der Waals surface area contributed by atoms with Crippen LogP contribution in [0.15, 0.2) is 24.3 Å². The number of benzene rings is 1. The molecule has 1 aromatic rings. The largest absolute Gasteiger partial charge is 0.399 e. The molecule has 3 atom stereocenters. The Morgan fingerprint density at radius 1 is 1.40 bits per heavy atom. The fourth-order valence-electron chi connectivity index (χ4n) is 2.54. The topological polar surface area (TPSA) is 78.6 Å². The number of aliphatic hydroxyl groups excluding tert-OH is 1. The fourth-order valence-corrected chi connectivity index (χ4v) is 2.54. The molecule has 0 aromatic heterocycles. The van der Waals surface area contributed by atoms with Crippen LogP contribution in [0.4, 0.5) is 11.4 Å². The zero-order valence-corrected chi connectivity index (χ0v) is 12.0. The Morgan fingerprint density at radius 3 is 2.60 bits per heavy atom. The Balaban J connectivity index is 1.91. The van der Waals surface area contributed by atoms with Gasteiger partial charge in [0.2, 0.25) is 5.91 Å². The number of carbonyl (C=O) groups excluding carboxylic acids is 1. The Labute approximate surface area is 119 Å². The van der Waals surface area contributed by atoms with E-state index in [9.17, 15) is 9.90 Å². The molecule has 1 amide bonds. The van der Waals surface area contributed by atoms with Crippen LogP contribution in [0.1, 0.15) is 20.3 Å². The van der Waals surface area contributed by atoms with Crippen molar-refractivity contribution in [3.8, 4) is 0 Å². The summed E-state index contributed by atoms with van der Waals surface area (Å²) in [5.74, 6) is 0.239. The van der Waals surface area contributed by atoms with Crippen LogP contribution < -0.4 is 11.1 Å². The van der Waals surface area contributed by atoms with Crippen LogP contribution in [0, 0.1) is 5.92 Å². The van der Waals surface area contributed by atoms with Gasteiger partial charge in [-0.25, -0.2) is 0 Å². The summed E-state index contributed by atoms with van der Waals surface area (Å²) in [5.41, 5.74) is 7.04. The smallest absolute Gasteiger partial charge is 0.241 e. The number of carbonyl (C=O) groups is 1. The lowest BCUT2D eigenvalue weighted by molar-refractivity contribution is -0.120. The number of anilines is 2. The first-order valence-corrected chi connectivity index (χ1v) is 7.06. The van der Waals surface area contributed by atoms with Crippen LogP contribution in [0.25, 0.3) is 0 Å². The number of hydrogen-bond acceptors (Lipinski definition) is 4. The van der Waals surface area contributed by atoms with Gasteiger partial charge in [-0.15, -0.1) is 0 Å². The lowest BCUT2D eigenvalue weighted by Gasteiger charge is -2.24. The first-order valence-electron chi connectivity index (χ1n) is 7.06. The number of hydrogen-bond donors (Lipinski definition) is 3. The van der Waals surface area contributed by atoms with Crippen LogP contribution in [-0.2, 0) is 4.79 Å². The number of rotatable bonds is 4. The molecule has 0 spiro atoms. The molecular weight excluding hydrogens is 254 g/mol. The van der Waals surface area contributed by atoms with Crippen molar-refractivity contribution in [2.24, 2.45) is 5.92 Å². The normalized spacial score (nSPS) is 22.4. The Hall–Kier alpha value is -1.59. The van der Waals surface area contributed by atoms with Crippen LogP contribution in [0.3, 0.4) is 0 Å². The summed E-state index contributed by atoms with van der Waals surface area (Å²) < 4.78 is 0. The number of nitrogens with zero attached hydrogens (tertiary/aromatic N) is 1. The van der Waals surface area contributed by atoms with Gasteiger partial charge in [-0.3, -0.25) is 9.69 Å². The second kappa shape index (κ2) is 6.24. The highest BCUT2D eigenvalue weighted by Gasteiger charge is 2.31. The molecule has 1 aromatic carbocycles. The maximum absolute atomic E-state index is 12.2. The summed E-state index contributed by atoms with van der Waals surface area (Å²) >= 11 is 0. The van der Waals surface area contributed by atoms with Gasteiger partial charge in [0, 0.05) is 17.9 Å². The molecule has 1 aliphatic rings. The van der Waals surface area contributed by atoms with Gasteiger partial charge < -0.3 is 16.2 Å². The third-order valence-corrected chi connectivity index (χ3v) is 4.04. The molecule has 5 nitrogen and oxygen atoms in total. The molecule has 5 heteroatoms. The predicted molar refractivity (Wildman–Crippen MR) is 80.3 cm³/mol. The fraction of sp³-hybridized carbons (Fsp3) is 0.533. The first-order chi connectivity index (χ1) is 9.47. The number of likely N-dealkylation sites (tertiary alicyclic amines) is 1. The van der Waals surface area contributed by atoms with Crippen LogP contribution in [-0.4, -0.2) is 41.1 Å². The molecule has 1 aliphatic heterocycles. The molecule has 1 saturated heterocycles. The molecular formula is C15H23N3O2. The lowest BCUT2D eigenvalue weighted by Crippen LogP contribution is -2.41. The summed E-state index contributed by atoms with van der Waals surface area (Å²) in [4.78, 5) is 14.3. The minimum atomic E-state index is -0.313. The molecule has 1 fully saturated rings. The molecule has 2 rings (SSSR count). The van der Waals surface area contributed by atoms with Crippen molar-refractivity contribution in [3.05, 3.63) is 24.3 Å². The van der Waals surface area contributed by atoms with E-state index in [1.54, 1.807) is 24.3 Å². The monoisotopic (exact) mass is 277 g/mol. The van der Waals surface area contributed by atoms with E-state index in [2.05, 4.69) is 10.2 Å². The third kappa shape index (κ3) is 3.49. The molecule has 0 radical (unpaired) electrons. The number of nitrogens with two attached hydrogens (primary N) is 1. The highest BCUT2D eigenvalue weighted by Crippen LogP contribution is 2.22. The van der Waals surface area contributed by atoms with Gasteiger partial charge in [-0.1, -0.05) is 0 Å². The molecule has 20 heavy (non-hydrogen) atoms. The third-order valence-electron chi connectivity index (χ3n) is 4.04. The van der Waals surface area contributed by atoms with Gasteiger partial charge in [0.15, 0.2) is 0 Å². The quantitative estimate of drug-likeness (QED) is 0.725. The predicted octanol–water partition coefficient (Wildman–Crippen LogP) is 1.30. The van der Waals surface area contributed by atoms with Crippen molar-refractivity contribution < 1.29 is 9.90 Å². The van der Waals surface area contributed by atoms with Gasteiger partial charge >= 0.3 is 0 Å². The van der Waals surface area contributed by atoms with Crippen LogP contribution in [0.5, 0.6) is 0 Å². The van der Waals surface area contributed by atoms with Gasteiger partial charge in [-0.2, -0.15) is 0 Å². The molecule has 1 heterocycles. The standard InChI is InChI=1S/C15H23N3O2/c1-10(18-8-7-12(9-18)11(2)19)15(20)17-14-5-3-13(16)4-6-14/h3-6,10-12,19H,7-9,16H2,1-2H3,(H,17,20). The van der Waals surface area contributed by atoms with Crippen molar-refractivity contribution in [1.29, 1.82) is 0 Å². The van der Waals surface area contributed by atoms with Crippen molar-refractivity contribution in [2.75, 3.05) is 24.1 Å². The summed E-state index contributed by atoms with van der Waals surface area (Å²) in [6.07, 6.45) is 0.629. The van der Waals surface area contributed by atoms with E-state index in [1.807, 2.05) is 13.8 Å². The second-order valence-electron chi connectivity index (χ2n) is 5.57. The Morgan fingerprint density at radius 2 is 2.05 bits per heavy atom. The van der Waals surface area contributed by atoms with E-state index in [4.69, 9.17) is 5.73 Å². The highest BCUT2D eigenvalue weighted by atomic mass is 16.3. The van der Waals surface area contributed by atoms with E-state index in [1.165, 1.54) is 0 Å².